The van der Waals surface area contributed by atoms with Gasteiger partial charge in [-0.1, -0.05) is 18.2 Å². The quantitative estimate of drug-likeness (QED) is 0.539. The van der Waals surface area contributed by atoms with Crippen molar-refractivity contribution in [2.75, 3.05) is 13.3 Å². The lowest BCUT2D eigenvalue weighted by molar-refractivity contribution is -0.116. The smallest absolute Gasteiger partial charge is 0.244 e. The summed E-state index contributed by atoms with van der Waals surface area (Å²) in [5, 5.41) is 2.92. The van der Waals surface area contributed by atoms with Crippen molar-refractivity contribution in [2.45, 2.75) is 19.9 Å². The standard InChI is InChI=1S/C21H21N3O3/c1-15-23-17-5-2-3-6-18(17)24(15)12-4-11-22-21(25)10-8-16-7-9-19-20(13-16)27-14-26-19/h2-3,5-10,13H,4,11-12,14H2,1H3,(H,22,25)/b10-8+. The summed E-state index contributed by atoms with van der Waals surface area (Å²) in [4.78, 5) is 16.6. The van der Waals surface area contributed by atoms with Gasteiger partial charge in [-0.25, -0.2) is 4.98 Å². The van der Waals surface area contributed by atoms with Crippen LogP contribution in [0.2, 0.25) is 0 Å². The van der Waals surface area contributed by atoms with E-state index in [0.717, 1.165) is 41.1 Å². The molecule has 1 N–H and O–H groups in total. The highest BCUT2D eigenvalue weighted by Crippen LogP contribution is 2.32. The summed E-state index contributed by atoms with van der Waals surface area (Å²) >= 11 is 0. The lowest BCUT2D eigenvalue weighted by Crippen LogP contribution is -2.23. The highest BCUT2D eigenvalue weighted by atomic mass is 16.7. The van der Waals surface area contributed by atoms with Crippen LogP contribution in [0.1, 0.15) is 17.8 Å². The van der Waals surface area contributed by atoms with Crippen LogP contribution in [0.3, 0.4) is 0 Å². The number of carbonyl (C=O) groups excluding carboxylic acids is 1. The number of aromatic nitrogens is 2. The molecule has 3 aromatic rings. The SMILES string of the molecule is Cc1nc2ccccc2n1CCCNC(=O)/C=C/c1ccc2c(c1)OCO2. The highest BCUT2D eigenvalue weighted by molar-refractivity contribution is 5.91. The van der Waals surface area contributed by atoms with Crippen molar-refractivity contribution in [3.05, 3.63) is 59.9 Å². The van der Waals surface area contributed by atoms with E-state index in [2.05, 4.69) is 20.9 Å². The van der Waals surface area contributed by atoms with Crippen molar-refractivity contribution >= 4 is 23.0 Å². The van der Waals surface area contributed by atoms with Crippen LogP contribution in [-0.4, -0.2) is 28.8 Å². The van der Waals surface area contributed by atoms with Gasteiger partial charge in [0.2, 0.25) is 12.7 Å². The van der Waals surface area contributed by atoms with Gasteiger partial charge in [-0.3, -0.25) is 4.79 Å². The molecule has 2 heterocycles. The van der Waals surface area contributed by atoms with Crippen LogP contribution in [0.4, 0.5) is 0 Å². The molecule has 0 fully saturated rings. The first-order valence-corrected chi connectivity index (χ1v) is 8.98. The van der Waals surface area contributed by atoms with Gasteiger partial charge in [0.25, 0.3) is 0 Å². The molecule has 1 aliphatic heterocycles. The van der Waals surface area contributed by atoms with Gasteiger partial charge >= 0.3 is 0 Å². The maximum Gasteiger partial charge on any atom is 0.244 e. The van der Waals surface area contributed by atoms with Crippen molar-refractivity contribution in [1.82, 2.24) is 14.9 Å². The molecule has 1 aromatic heterocycles. The van der Waals surface area contributed by atoms with Crippen molar-refractivity contribution < 1.29 is 14.3 Å². The Labute approximate surface area is 157 Å². The number of para-hydroxylation sites is 2. The van der Waals surface area contributed by atoms with Gasteiger partial charge in [0.05, 0.1) is 11.0 Å². The van der Waals surface area contributed by atoms with E-state index in [1.165, 1.54) is 6.08 Å². The first-order valence-electron chi connectivity index (χ1n) is 8.98. The minimum atomic E-state index is -0.111. The molecule has 2 aromatic carbocycles. The average Bonchev–Trinajstić information content (AvgIpc) is 3.27. The Morgan fingerprint density at radius 2 is 2.07 bits per heavy atom. The molecule has 6 heteroatoms. The Kier molecular flexibility index (Phi) is 4.78. The minimum Gasteiger partial charge on any atom is -0.454 e. The minimum absolute atomic E-state index is 0.111. The molecule has 0 saturated heterocycles. The molecule has 0 aliphatic carbocycles. The molecule has 1 aliphatic rings. The number of imidazole rings is 1. The van der Waals surface area contributed by atoms with Crippen LogP contribution in [0.15, 0.2) is 48.5 Å². The topological polar surface area (TPSA) is 65.4 Å². The van der Waals surface area contributed by atoms with Gasteiger partial charge in [-0.2, -0.15) is 0 Å². The first kappa shape index (κ1) is 17.1. The molecule has 0 atom stereocenters. The van der Waals surface area contributed by atoms with Crippen molar-refractivity contribution in [1.29, 1.82) is 0 Å². The molecule has 4 rings (SSSR count). The third-order valence-electron chi connectivity index (χ3n) is 4.53. The van der Waals surface area contributed by atoms with Gasteiger partial charge in [0.15, 0.2) is 11.5 Å². The lowest BCUT2D eigenvalue weighted by atomic mass is 10.2. The third kappa shape index (κ3) is 3.79. The zero-order valence-electron chi connectivity index (χ0n) is 15.1. The van der Waals surface area contributed by atoms with E-state index in [1.54, 1.807) is 6.08 Å². The Morgan fingerprint density at radius 1 is 1.22 bits per heavy atom. The van der Waals surface area contributed by atoms with E-state index in [-0.39, 0.29) is 12.7 Å². The number of amides is 1. The average molecular weight is 363 g/mol. The molecule has 0 bridgehead atoms. The summed E-state index contributed by atoms with van der Waals surface area (Å²) in [6.45, 7) is 3.68. The van der Waals surface area contributed by atoms with E-state index in [1.807, 2.05) is 43.3 Å². The van der Waals surface area contributed by atoms with Gasteiger partial charge in [-0.15, -0.1) is 0 Å². The number of aryl methyl sites for hydroxylation is 2. The first-order chi connectivity index (χ1) is 13.2. The maximum atomic E-state index is 12.0. The molecular formula is C21H21N3O3. The molecule has 0 saturated carbocycles. The van der Waals surface area contributed by atoms with Crippen LogP contribution in [0.25, 0.3) is 17.1 Å². The van der Waals surface area contributed by atoms with Crippen molar-refractivity contribution in [3.8, 4) is 11.5 Å². The largest absolute Gasteiger partial charge is 0.454 e. The summed E-state index contributed by atoms with van der Waals surface area (Å²) in [6.07, 6.45) is 4.14. The third-order valence-corrected chi connectivity index (χ3v) is 4.53. The number of rotatable bonds is 6. The molecule has 0 radical (unpaired) electrons. The van der Waals surface area contributed by atoms with Gasteiger partial charge < -0.3 is 19.4 Å². The number of nitrogens with zero attached hydrogens (tertiary/aromatic N) is 2. The van der Waals surface area contributed by atoms with E-state index in [9.17, 15) is 4.79 Å². The monoisotopic (exact) mass is 363 g/mol. The summed E-state index contributed by atoms with van der Waals surface area (Å²) in [5.74, 6) is 2.32. The van der Waals surface area contributed by atoms with E-state index >= 15 is 0 Å². The Balaban J connectivity index is 1.27. The van der Waals surface area contributed by atoms with Crippen molar-refractivity contribution in [2.24, 2.45) is 0 Å². The van der Waals surface area contributed by atoms with Gasteiger partial charge in [-0.05, 0) is 49.2 Å². The number of benzene rings is 2. The molecule has 0 spiro atoms. The normalized spacial score (nSPS) is 12.8. The van der Waals surface area contributed by atoms with Crippen LogP contribution < -0.4 is 14.8 Å². The molecular weight excluding hydrogens is 342 g/mol. The molecule has 138 valence electrons. The number of hydrogen-bond donors (Lipinski definition) is 1. The second-order valence-electron chi connectivity index (χ2n) is 6.39. The Hall–Kier alpha value is -3.28. The highest BCUT2D eigenvalue weighted by Gasteiger charge is 2.12. The summed E-state index contributed by atoms with van der Waals surface area (Å²) in [7, 11) is 0. The van der Waals surface area contributed by atoms with Gasteiger partial charge in [0.1, 0.15) is 5.82 Å². The van der Waals surface area contributed by atoms with Crippen LogP contribution in [-0.2, 0) is 11.3 Å². The maximum absolute atomic E-state index is 12.0. The number of fused-ring (bicyclic) bond motifs is 2. The van der Waals surface area contributed by atoms with E-state index < -0.39 is 0 Å². The van der Waals surface area contributed by atoms with Crippen LogP contribution in [0.5, 0.6) is 11.5 Å². The zero-order valence-corrected chi connectivity index (χ0v) is 15.1. The number of nitrogens with one attached hydrogen (secondary N) is 1. The van der Waals surface area contributed by atoms with E-state index in [4.69, 9.17) is 9.47 Å². The fourth-order valence-corrected chi connectivity index (χ4v) is 3.17. The number of carbonyl (C=O) groups is 1. The zero-order chi connectivity index (χ0) is 18.6. The van der Waals surface area contributed by atoms with E-state index in [0.29, 0.717) is 12.3 Å². The lowest BCUT2D eigenvalue weighted by Gasteiger charge is -2.07. The fraction of sp³-hybridized carbons (Fsp3) is 0.238. The second-order valence-corrected chi connectivity index (χ2v) is 6.39. The predicted molar refractivity (Wildman–Crippen MR) is 104 cm³/mol. The Bertz CT molecular complexity index is 1010. The number of ether oxygens (including phenoxy) is 2. The molecule has 0 unspecified atom stereocenters. The summed E-state index contributed by atoms with van der Waals surface area (Å²) < 4.78 is 12.8. The van der Waals surface area contributed by atoms with Gasteiger partial charge in [0, 0.05) is 19.2 Å². The fourth-order valence-electron chi connectivity index (χ4n) is 3.17. The second kappa shape index (κ2) is 7.53. The van der Waals surface area contributed by atoms with Crippen molar-refractivity contribution in [3.63, 3.8) is 0 Å². The van der Waals surface area contributed by atoms with Crippen LogP contribution >= 0.6 is 0 Å². The Morgan fingerprint density at radius 3 is 3.00 bits per heavy atom. The predicted octanol–water partition coefficient (Wildman–Crippen LogP) is 3.29. The molecule has 27 heavy (non-hydrogen) atoms. The van der Waals surface area contributed by atoms with Crippen LogP contribution in [0, 0.1) is 6.92 Å². The summed E-state index contributed by atoms with van der Waals surface area (Å²) in [6, 6.07) is 13.7. The molecule has 6 nitrogen and oxygen atoms in total. The summed E-state index contributed by atoms with van der Waals surface area (Å²) in [5.41, 5.74) is 3.03. The number of hydrogen-bond acceptors (Lipinski definition) is 4. The molecule has 1 amide bonds.